The quantitative estimate of drug-likeness (QED) is 0.888. The van der Waals surface area contributed by atoms with Crippen molar-refractivity contribution in [3.63, 3.8) is 0 Å². The summed E-state index contributed by atoms with van der Waals surface area (Å²) in [7, 11) is 0. The number of amides is 1. The van der Waals surface area contributed by atoms with Crippen LogP contribution in [0.2, 0.25) is 0 Å². The molecule has 0 unspecified atom stereocenters. The number of aromatic nitrogens is 1. The highest BCUT2D eigenvalue weighted by Crippen LogP contribution is 2.43. The number of nitrogens with zero attached hydrogens (tertiary/aromatic N) is 2. The smallest absolute Gasteiger partial charge is 0.251 e. The molecule has 0 radical (unpaired) electrons. The Hall–Kier alpha value is -1.62. The average molecular weight is 370 g/mol. The van der Waals surface area contributed by atoms with E-state index in [0.717, 1.165) is 38.4 Å². The van der Waals surface area contributed by atoms with Crippen LogP contribution in [0.5, 0.6) is 0 Å². The molecular formula is C22H31N3O2. The van der Waals surface area contributed by atoms with Crippen LogP contribution in [-0.4, -0.2) is 41.1 Å². The van der Waals surface area contributed by atoms with Crippen molar-refractivity contribution >= 4 is 5.91 Å². The van der Waals surface area contributed by atoms with Gasteiger partial charge >= 0.3 is 0 Å². The maximum absolute atomic E-state index is 12.7. The van der Waals surface area contributed by atoms with Crippen LogP contribution in [0.1, 0.15) is 69.0 Å². The molecule has 5 rings (SSSR count). The number of nitrogens with one attached hydrogen (secondary N) is 1. The topological polar surface area (TPSA) is 54.3 Å². The highest BCUT2D eigenvalue weighted by atomic mass is 16.2. The number of hydrogen-bond acceptors (Lipinski definition) is 3. The third kappa shape index (κ3) is 3.14. The predicted octanol–water partition coefficient (Wildman–Crippen LogP) is 2.67. The molecule has 27 heavy (non-hydrogen) atoms. The van der Waals surface area contributed by atoms with Gasteiger partial charge in [-0.1, -0.05) is 25.3 Å². The van der Waals surface area contributed by atoms with Gasteiger partial charge in [0.1, 0.15) is 0 Å². The van der Waals surface area contributed by atoms with Crippen LogP contribution in [0.3, 0.4) is 0 Å². The lowest BCUT2D eigenvalue weighted by atomic mass is 9.76. The van der Waals surface area contributed by atoms with Crippen LogP contribution in [0.4, 0.5) is 0 Å². The molecule has 3 fully saturated rings. The van der Waals surface area contributed by atoms with Crippen molar-refractivity contribution in [3.8, 4) is 0 Å². The Morgan fingerprint density at radius 1 is 1.07 bits per heavy atom. The summed E-state index contributed by atoms with van der Waals surface area (Å²) in [6.07, 6.45) is 9.54. The van der Waals surface area contributed by atoms with Crippen LogP contribution >= 0.6 is 0 Å². The monoisotopic (exact) mass is 369 g/mol. The van der Waals surface area contributed by atoms with Gasteiger partial charge in [-0.3, -0.25) is 14.5 Å². The normalized spacial score (nSPS) is 31.3. The molecule has 1 amide bonds. The lowest BCUT2D eigenvalue weighted by Gasteiger charge is -2.50. The van der Waals surface area contributed by atoms with E-state index in [-0.39, 0.29) is 23.4 Å². The molecular weight excluding hydrogens is 338 g/mol. The number of carbonyl (C=O) groups is 1. The van der Waals surface area contributed by atoms with Crippen molar-refractivity contribution in [3.05, 3.63) is 34.2 Å². The highest BCUT2D eigenvalue weighted by Gasteiger charge is 2.43. The van der Waals surface area contributed by atoms with Crippen LogP contribution < -0.4 is 10.9 Å². The molecule has 3 atom stereocenters. The number of rotatable bonds is 4. The maximum Gasteiger partial charge on any atom is 0.251 e. The molecule has 3 heterocycles. The third-order valence-electron chi connectivity index (χ3n) is 7.63. The number of pyridine rings is 1. The Balaban J connectivity index is 1.39. The molecule has 0 spiro atoms. The summed E-state index contributed by atoms with van der Waals surface area (Å²) in [5.41, 5.74) is 1.28. The van der Waals surface area contributed by atoms with Gasteiger partial charge in [0.15, 0.2) is 0 Å². The van der Waals surface area contributed by atoms with Crippen molar-refractivity contribution in [1.29, 1.82) is 0 Å². The first-order valence-electron chi connectivity index (χ1n) is 10.9. The van der Waals surface area contributed by atoms with E-state index in [1.165, 1.54) is 37.8 Å². The first-order chi connectivity index (χ1) is 13.2. The van der Waals surface area contributed by atoms with Gasteiger partial charge in [0.2, 0.25) is 5.91 Å². The summed E-state index contributed by atoms with van der Waals surface area (Å²) in [5, 5.41) is 3.22. The fraction of sp³-hybridized carbons (Fsp3) is 0.727. The first kappa shape index (κ1) is 17.5. The molecule has 1 saturated heterocycles. The maximum atomic E-state index is 12.7. The Bertz CT molecular complexity index is 763. The Kier molecular flexibility index (Phi) is 4.58. The summed E-state index contributed by atoms with van der Waals surface area (Å²) >= 11 is 0. The zero-order valence-corrected chi connectivity index (χ0v) is 16.1. The molecule has 1 aromatic rings. The molecule has 0 aromatic carbocycles. The van der Waals surface area contributed by atoms with Gasteiger partial charge in [0.05, 0.1) is 6.04 Å². The van der Waals surface area contributed by atoms with Crippen molar-refractivity contribution < 1.29 is 4.79 Å². The van der Waals surface area contributed by atoms with Gasteiger partial charge in [0.25, 0.3) is 5.56 Å². The van der Waals surface area contributed by atoms with E-state index in [2.05, 4.69) is 16.3 Å². The second-order valence-electron chi connectivity index (χ2n) is 9.18. The molecule has 5 nitrogen and oxygen atoms in total. The predicted molar refractivity (Wildman–Crippen MR) is 105 cm³/mol. The van der Waals surface area contributed by atoms with Crippen LogP contribution in [-0.2, 0) is 4.79 Å². The minimum absolute atomic E-state index is 0.0955. The second kappa shape index (κ2) is 7.08. The highest BCUT2D eigenvalue weighted by molar-refractivity contribution is 5.78. The average Bonchev–Trinajstić information content (AvgIpc) is 3.15. The Morgan fingerprint density at radius 3 is 2.63 bits per heavy atom. The molecule has 1 N–H and O–H groups in total. The van der Waals surface area contributed by atoms with E-state index in [4.69, 9.17) is 0 Å². The fourth-order valence-electron chi connectivity index (χ4n) is 5.93. The number of likely N-dealkylation sites (tertiary alicyclic amines) is 1. The molecule has 1 aromatic heterocycles. The van der Waals surface area contributed by atoms with Crippen molar-refractivity contribution in [1.82, 2.24) is 14.8 Å². The lowest BCUT2D eigenvalue weighted by molar-refractivity contribution is -0.125. The fourth-order valence-corrected chi connectivity index (χ4v) is 5.93. The van der Waals surface area contributed by atoms with Gasteiger partial charge in [-0.15, -0.1) is 0 Å². The zero-order chi connectivity index (χ0) is 18.4. The first-order valence-corrected chi connectivity index (χ1v) is 10.9. The van der Waals surface area contributed by atoms with Crippen molar-refractivity contribution in [2.24, 2.45) is 11.8 Å². The minimum Gasteiger partial charge on any atom is -0.354 e. The Labute approximate surface area is 161 Å². The lowest BCUT2D eigenvalue weighted by Crippen LogP contribution is -2.55. The summed E-state index contributed by atoms with van der Waals surface area (Å²) in [6.45, 7) is 2.76. The largest absolute Gasteiger partial charge is 0.354 e. The molecule has 5 heteroatoms. The van der Waals surface area contributed by atoms with Crippen LogP contribution in [0.25, 0.3) is 0 Å². The minimum atomic E-state index is 0.0955. The van der Waals surface area contributed by atoms with Crippen molar-refractivity contribution in [2.75, 3.05) is 19.6 Å². The van der Waals surface area contributed by atoms with Crippen LogP contribution in [0.15, 0.2) is 23.0 Å². The number of piperidine rings is 1. The van der Waals surface area contributed by atoms with Gasteiger partial charge in [-0.25, -0.2) is 0 Å². The molecule has 4 aliphatic rings. The zero-order valence-electron chi connectivity index (χ0n) is 16.1. The van der Waals surface area contributed by atoms with Gasteiger partial charge in [0, 0.05) is 49.3 Å². The summed E-state index contributed by atoms with van der Waals surface area (Å²) in [4.78, 5) is 28.0. The van der Waals surface area contributed by atoms with E-state index in [9.17, 15) is 9.59 Å². The molecule has 146 valence electrons. The van der Waals surface area contributed by atoms with E-state index in [0.29, 0.717) is 18.4 Å². The summed E-state index contributed by atoms with van der Waals surface area (Å²) in [5.74, 6) is 1.30. The van der Waals surface area contributed by atoms with E-state index in [1.807, 2.05) is 10.6 Å². The van der Waals surface area contributed by atoms with Gasteiger partial charge < -0.3 is 9.88 Å². The Morgan fingerprint density at radius 2 is 1.89 bits per heavy atom. The molecule has 2 bridgehead atoms. The molecule has 2 aliphatic heterocycles. The second-order valence-corrected chi connectivity index (χ2v) is 9.18. The van der Waals surface area contributed by atoms with E-state index >= 15 is 0 Å². The van der Waals surface area contributed by atoms with E-state index < -0.39 is 0 Å². The van der Waals surface area contributed by atoms with Gasteiger partial charge in [-0.2, -0.15) is 0 Å². The number of hydrogen-bond donors (Lipinski definition) is 1. The van der Waals surface area contributed by atoms with Crippen LogP contribution in [0, 0.1) is 11.8 Å². The van der Waals surface area contributed by atoms with Gasteiger partial charge in [-0.05, 0) is 44.1 Å². The molecule has 2 aliphatic carbocycles. The number of carbonyl (C=O) groups excluding carboxylic acids is 1. The summed E-state index contributed by atoms with van der Waals surface area (Å²) in [6, 6.07) is 6.56. The summed E-state index contributed by atoms with van der Waals surface area (Å²) < 4.78 is 2.02. The molecule has 2 saturated carbocycles. The standard InChI is InChI=1S/C22H31N3O2/c26-21-10-4-9-19-16-11-17(14-24(13-16)18-7-3-8-18)20(25(19)21)12-23-22(27)15-5-1-2-6-15/h4,9-10,15-18,20H,1-3,5-8,11-14H2,(H,23,27)/t16-,17+,20+/m1/s1. The SMILES string of the molecule is O=C(NC[C@H]1[C@H]2C[C@H](CN(C3CCC3)C2)c2cccc(=O)n21)C1CCCC1. The van der Waals surface area contributed by atoms with Crippen molar-refractivity contribution in [2.45, 2.75) is 69.4 Å². The number of fused-ring (bicyclic) bond motifs is 4. The third-order valence-corrected chi connectivity index (χ3v) is 7.63. The van der Waals surface area contributed by atoms with E-state index in [1.54, 1.807) is 6.07 Å².